The summed E-state index contributed by atoms with van der Waals surface area (Å²) in [6, 6.07) is 8.43. The predicted molar refractivity (Wildman–Crippen MR) is 70.7 cm³/mol. The summed E-state index contributed by atoms with van der Waals surface area (Å²) >= 11 is 3.22. The van der Waals surface area contributed by atoms with Gasteiger partial charge in [0.05, 0.1) is 11.0 Å². The van der Waals surface area contributed by atoms with E-state index in [9.17, 15) is 4.79 Å². The zero-order valence-corrected chi connectivity index (χ0v) is 11.1. The molecule has 2 aromatic heterocycles. The van der Waals surface area contributed by atoms with Crippen molar-refractivity contribution < 1.29 is 14.4 Å². The maximum Gasteiger partial charge on any atom is 0.274 e. The van der Waals surface area contributed by atoms with Gasteiger partial charge in [0.25, 0.3) is 5.91 Å². The van der Waals surface area contributed by atoms with Crippen molar-refractivity contribution in [1.82, 2.24) is 15.4 Å². The van der Waals surface area contributed by atoms with Crippen molar-refractivity contribution in [1.29, 1.82) is 0 Å². The van der Waals surface area contributed by atoms with E-state index >= 15 is 0 Å². The van der Waals surface area contributed by atoms with Gasteiger partial charge in [-0.1, -0.05) is 0 Å². The third kappa shape index (κ3) is 2.13. The molecule has 3 N–H and O–H groups in total. The maximum absolute atomic E-state index is 11.3. The number of halogens is 1. The second-order valence-corrected chi connectivity index (χ2v) is 4.64. The number of benzene rings is 1. The van der Waals surface area contributed by atoms with Crippen LogP contribution < -0.4 is 5.48 Å². The smallest absolute Gasteiger partial charge is 0.274 e. The number of fused-ring (bicyclic) bond motifs is 1. The number of amides is 1. The number of aromatic nitrogens is 2. The molecule has 0 radical (unpaired) electrons. The Labute approximate surface area is 115 Å². The van der Waals surface area contributed by atoms with Crippen molar-refractivity contribution >= 4 is 32.9 Å². The number of aromatic amines is 1. The van der Waals surface area contributed by atoms with Crippen LogP contribution >= 0.6 is 15.9 Å². The van der Waals surface area contributed by atoms with Crippen LogP contribution in [-0.4, -0.2) is 21.1 Å². The third-order valence-corrected chi connectivity index (χ3v) is 3.08. The summed E-state index contributed by atoms with van der Waals surface area (Å²) in [7, 11) is 0. The lowest BCUT2D eigenvalue weighted by molar-refractivity contribution is 0.0706. The molecule has 0 fully saturated rings. The van der Waals surface area contributed by atoms with E-state index in [1.807, 2.05) is 0 Å². The Morgan fingerprint density at radius 2 is 2.21 bits per heavy atom. The van der Waals surface area contributed by atoms with Gasteiger partial charge < -0.3 is 9.40 Å². The summed E-state index contributed by atoms with van der Waals surface area (Å²) < 4.78 is 6.02. The van der Waals surface area contributed by atoms with Gasteiger partial charge >= 0.3 is 0 Å². The lowest BCUT2D eigenvalue weighted by Gasteiger charge is -1.97. The highest BCUT2D eigenvalue weighted by molar-refractivity contribution is 9.10. The number of nitrogens with zero attached hydrogens (tertiary/aromatic N) is 1. The lowest BCUT2D eigenvalue weighted by atomic mass is 10.2. The number of H-pyrrole nitrogens is 1. The predicted octanol–water partition coefficient (Wildman–Crippen LogP) is 2.70. The molecule has 19 heavy (non-hydrogen) atoms. The first-order valence-corrected chi connectivity index (χ1v) is 6.16. The summed E-state index contributed by atoms with van der Waals surface area (Å²) in [6.07, 6.45) is 0. The van der Waals surface area contributed by atoms with E-state index in [2.05, 4.69) is 25.9 Å². The van der Waals surface area contributed by atoms with Crippen LogP contribution in [0.5, 0.6) is 0 Å². The number of hydrogen-bond acceptors (Lipinski definition) is 4. The molecule has 0 bridgehead atoms. The number of furan rings is 1. The SMILES string of the molecule is O=C(NO)c1ccc2nc(-c3ccc(Br)o3)[nH]c2c1. The van der Waals surface area contributed by atoms with Crippen molar-refractivity contribution in [3.63, 3.8) is 0 Å². The average Bonchev–Trinajstić information content (AvgIpc) is 3.02. The third-order valence-electron chi connectivity index (χ3n) is 2.65. The molecular formula is C12H8BrN3O3. The zero-order valence-electron chi connectivity index (χ0n) is 9.48. The number of hydroxylamine groups is 1. The minimum Gasteiger partial charge on any atom is -0.446 e. The van der Waals surface area contributed by atoms with Crippen LogP contribution in [0.4, 0.5) is 0 Å². The van der Waals surface area contributed by atoms with Gasteiger partial charge in [-0.3, -0.25) is 10.0 Å². The summed E-state index contributed by atoms with van der Waals surface area (Å²) in [5, 5.41) is 8.60. The van der Waals surface area contributed by atoms with Crippen molar-refractivity contribution in [3.8, 4) is 11.6 Å². The highest BCUT2D eigenvalue weighted by Gasteiger charge is 2.11. The van der Waals surface area contributed by atoms with Crippen LogP contribution in [0, 0.1) is 0 Å². The van der Waals surface area contributed by atoms with Gasteiger partial charge in [0.15, 0.2) is 16.3 Å². The van der Waals surface area contributed by atoms with Gasteiger partial charge in [-0.25, -0.2) is 10.5 Å². The minimum atomic E-state index is -0.571. The number of carbonyl (C=O) groups excluding carboxylic acids is 1. The Balaban J connectivity index is 2.08. The molecule has 0 aliphatic carbocycles. The van der Waals surface area contributed by atoms with E-state index in [-0.39, 0.29) is 0 Å². The Morgan fingerprint density at radius 3 is 2.89 bits per heavy atom. The molecular weight excluding hydrogens is 314 g/mol. The van der Waals surface area contributed by atoms with E-state index in [0.29, 0.717) is 32.9 Å². The highest BCUT2D eigenvalue weighted by Crippen LogP contribution is 2.25. The second-order valence-electron chi connectivity index (χ2n) is 3.86. The Hall–Kier alpha value is -2.12. The number of nitrogens with one attached hydrogen (secondary N) is 2. The van der Waals surface area contributed by atoms with E-state index < -0.39 is 5.91 Å². The van der Waals surface area contributed by atoms with Crippen LogP contribution in [0.3, 0.4) is 0 Å². The van der Waals surface area contributed by atoms with Crippen LogP contribution in [0.15, 0.2) is 39.4 Å². The molecule has 0 aliphatic heterocycles. The summed E-state index contributed by atoms with van der Waals surface area (Å²) in [6.45, 7) is 0. The van der Waals surface area contributed by atoms with Gasteiger partial charge in [0, 0.05) is 5.56 Å². The number of hydrogen-bond donors (Lipinski definition) is 3. The van der Waals surface area contributed by atoms with E-state index in [1.54, 1.807) is 35.8 Å². The molecule has 0 saturated carbocycles. The van der Waals surface area contributed by atoms with E-state index in [0.717, 1.165) is 0 Å². The molecule has 3 rings (SSSR count). The average molecular weight is 322 g/mol. The molecule has 2 heterocycles. The number of rotatable bonds is 2. The standard InChI is InChI=1S/C12H8BrN3O3/c13-10-4-3-9(19-10)11-14-7-2-1-6(12(17)16-18)5-8(7)15-11/h1-5,18H,(H,14,15)(H,16,17). The highest BCUT2D eigenvalue weighted by atomic mass is 79.9. The second kappa shape index (κ2) is 4.52. The fraction of sp³-hybridized carbons (Fsp3) is 0. The molecule has 6 nitrogen and oxygen atoms in total. The fourth-order valence-electron chi connectivity index (χ4n) is 1.77. The molecule has 0 spiro atoms. The molecule has 1 amide bonds. The van der Waals surface area contributed by atoms with Gasteiger partial charge in [-0.05, 0) is 46.3 Å². The Morgan fingerprint density at radius 1 is 1.37 bits per heavy atom. The Kier molecular flexibility index (Phi) is 2.84. The first-order chi connectivity index (χ1) is 9.17. The number of imidazole rings is 1. The quantitative estimate of drug-likeness (QED) is 0.500. The summed E-state index contributed by atoms with van der Waals surface area (Å²) in [5.41, 5.74) is 3.32. The lowest BCUT2D eigenvalue weighted by Crippen LogP contribution is -2.18. The molecule has 96 valence electrons. The van der Waals surface area contributed by atoms with Crippen LogP contribution in [-0.2, 0) is 0 Å². The van der Waals surface area contributed by atoms with Gasteiger partial charge in [-0.2, -0.15) is 0 Å². The molecule has 1 aromatic carbocycles. The molecule has 0 aliphatic rings. The van der Waals surface area contributed by atoms with Crippen molar-refractivity contribution in [3.05, 3.63) is 40.6 Å². The van der Waals surface area contributed by atoms with Crippen LogP contribution in [0.25, 0.3) is 22.6 Å². The van der Waals surface area contributed by atoms with E-state index in [1.165, 1.54) is 0 Å². The van der Waals surface area contributed by atoms with E-state index in [4.69, 9.17) is 9.62 Å². The van der Waals surface area contributed by atoms with Gasteiger partial charge in [0.1, 0.15) is 0 Å². The minimum absolute atomic E-state index is 0.339. The normalized spacial score (nSPS) is 10.8. The molecule has 7 heteroatoms. The molecule has 0 saturated heterocycles. The van der Waals surface area contributed by atoms with Crippen LogP contribution in [0.2, 0.25) is 0 Å². The van der Waals surface area contributed by atoms with Crippen molar-refractivity contribution in [2.45, 2.75) is 0 Å². The molecule has 0 unspecified atom stereocenters. The number of carbonyl (C=O) groups is 1. The Bertz CT molecular complexity index is 763. The molecule has 0 atom stereocenters. The summed E-state index contributed by atoms with van der Waals surface area (Å²) in [5.74, 6) is 0.595. The maximum atomic E-state index is 11.3. The van der Waals surface area contributed by atoms with Crippen molar-refractivity contribution in [2.75, 3.05) is 0 Å². The van der Waals surface area contributed by atoms with Crippen LogP contribution in [0.1, 0.15) is 10.4 Å². The first-order valence-electron chi connectivity index (χ1n) is 5.37. The zero-order chi connectivity index (χ0) is 13.4. The van der Waals surface area contributed by atoms with Crippen molar-refractivity contribution in [2.24, 2.45) is 0 Å². The first kappa shape index (κ1) is 11.9. The topological polar surface area (TPSA) is 91.2 Å². The fourth-order valence-corrected chi connectivity index (χ4v) is 2.08. The monoisotopic (exact) mass is 321 g/mol. The summed E-state index contributed by atoms with van der Waals surface area (Å²) in [4.78, 5) is 18.7. The van der Waals surface area contributed by atoms with Gasteiger partial charge in [0.2, 0.25) is 0 Å². The largest absolute Gasteiger partial charge is 0.446 e. The van der Waals surface area contributed by atoms with Gasteiger partial charge in [-0.15, -0.1) is 0 Å². The molecule has 3 aromatic rings.